The predicted octanol–water partition coefficient (Wildman–Crippen LogP) is 2.16. The number of anilines is 1. The molecule has 0 aliphatic carbocycles. The molecule has 2 aromatic rings. The summed E-state index contributed by atoms with van der Waals surface area (Å²) in [5.74, 6) is -0.175. The van der Waals surface area contributed by atoms with E-state index in [2.05, 4.69) is 15.1 Å². The molecule has 104 valence electrons. The number of fused-ring (bicyclic) bond motifs is 1. The van der Waals surface area contributed by atoms with Crippen LogP contribution in [0.2, 0.25) is 0 Å². The molecular formula is C15H17N3O2. The van der Waals surface area contributed by atoms with Crippen LogP contribution in [0.4, 0.5) is 5.69 Å². The first-order chi connectivity index (χ1) is 9.81. The van der Waals surface area contributed by atoms with Gasteiger partial charge in [-0.05, 0) is 25.3 Å². The van der Waals surface area contributed by atoms with Crippen molar-refractivity contribution in [2.75, 3.05) is 18.6 Å². The van der Waals surface area contributed by atoms with Gasteiger partial charge in [-0.25, -0.2) is 4.79 Å². The number of hydrogen-bond acceptors (Lipinski definition) is 5. The second-order valence-corrected chi connectivity index (χ2v) is 4.98. The maximum absolute atomic E-state index is 12.0. The Bertz CT molecular complexity index is 624. The number of ether oxygens (including phenoxy) is 1. The van der Waals surface area contributed by atoms with E-state index >= 15 is 0 Å². The lowest BCUT2D eigenvalue weighted by Gasteiger charge is -2.35. The van der Waals surface area contributed by atoms with Crippen LogP contribution in [0.15, 0.2) is 30.5 Å². The third kappa shape index (κ3) is 2.19. The van der Waals surface area contributed by atoms with E-state index in [1.807, 2.05) is 24.3 Å². The van der Waals surface area contributed by atoms with Gasteiger partial charge in [-0.15, -0.1) is 0 Å². The van der Waals surface area contributed by atoms with Gasteiger partial charge in [0.25, 0.3) is 0 Å². The number of piperidine rings is 1. The van der Waals surface area contributed by atoms with Gasteiger partial charge in [0.05, 0.1) is 24.5 Å². The van der Waals surface area contributed by atoms with Crippen LogP contribution in [0.5, 0.6) is 0 Å². The molecule has 1 atom stereocenters. The number of nitrogens with zero attached hydrogens (tertiary/aromatic N) is 3. The summed E-state index contributed by atoms with van der Waals surface area (Å²) >= 11 is 0. The maximum Gasteiger partial charge on any atom is 0.328 e. The molecule has 1 unspecified atom stereocenters. The second-order valence-electron chi connectivity index (χ2n) is 4.98. The highest BCUT2D eigenvalue weighted by Gasteiger charge is 2.30. The molecule has 1 aromatic heterocycles. The Morgan fingerprint density at radius 3 is 3.05 bits per heavy atom. The summed E-state index contributed by atoms with van der Waals surface area (Å²) in [6, 6.07) is 7.64. The average molecular weight is 271 g/mol. The van der Waals surface area contributed by atoms with E-state index in [9.17, 15) is 4.79 Å². The topological polar surface area (TPSA) is 55.3 Å². The lowest BCUT2D eigenvalue weighted by Crippen LogP contribution is -2.45. The van der Waals surface area contributed by atoms with Gasteiger partial charge < -0.3 is 9.64 Å². The first-order valence-electron chi connectivity index (χ1n) is 6.86. The highest BCUT2D eigenvalue weighted by molar-refractivity contribution is 5.93. The standard InChI is InChI=1S/C15H17N3O2/c1-20-15(19)13-8-4-5-9-18(13)14-10-16-17-12-7-3-2-6-11(12)14/h2-3,6-7,10,13H,4-5,8-9H2,1H3. The summed E-state index contributed by atoms with van der Waals surface area (Å²) in [7, 11) is 1.44. The number of carbonyl (C=O) groups excluding carboxylic acids is 1. The van der Waals surface area contributed by atoms with Crippen molar-refractivity contribution in [3.63, 3.8) is 0 Å². The molecule has 0 saturated carbocycles. The fraction of sp³-hybridized carbons (Fsp3) is 0.400. The molecule has 2 heterocycles. The third-order valence-corrected chi connectivity index (χ3v) is 3.81. The van der Waals surface area contributed by atoms with Crippen molar-refractivity contribution in [3.05, 3.63) is 30.5 Å². The Hall–Kier alpha value is -2.17. The number of esters is 1. The summed E-state index contributed by atoms with van der Waals surface area (Å²) in [4.78, 5) is 14.1. The van der Waals surface area contributed by atoms with Crippen LogP contribution in [-0.4, -0.2) is 35.9 Å². The van der Waals surface area contributed by atoms with Crippen molar-refractivity contribution in [1.82, 2.24) is 10.2 Å². The van der Waals surface area contributed by atoms with Crippen molar-refractivity contribution in [3.8, 4) is 0 Å². The molecule has 1 fully saturated rings. The molecule has 5 heteroatoms. The molecule has 20 heavy (non-hydrogen) atoms. The zero-order valence-corrected chi connectivity index (χ0v) is 11.5. The Morgan fingerprint density at radius 2 is 2.20 bits per heavy atom. The number of benzene rings is 1. The van der Waals surface area contributed by atoms with E-state index in [-0.39, 0.29) is 12.0 Å². The Labute approximate surface area is 117 Å². The fourth-order valence-electron chi connectivity index (χ4n) is 2.82. The van der Waals surface area contributed by atoms with Crippen molar-refractivity contribution >= 4 is 22.6 Å². The SMILES string of the molecule is COC(=O)C1CCCCN1c1cnnc2ccccc12. The largest absolute Gasteiger partial charge is 0.467 e. The van der Waals surface area contributed by atoms with Crippen LogP contribution in [0.25, 0.3) is 10.9 Å². The number of carbonyl (C=O) groups is 1. The van der Waals surface area contributed by atoms with Crippen molar-refractivity contribution in [1.29, 1.82) is 0 Å². The van der Waals surface area contributed by atoms with Crippen LogP contribution < -0.4 is 4.90 Å². The van der Waals surface area contributed by atoms with Gasteiger partial charge in [0, 0.05) is 11.9 Å². The van der Waals surface area contributed by atoms with E-state index in [0.717, 1.165) is 42.4 Å². The summed E-state index contributed by atoms with van der Waals surface area (Å²) in [5.41, 5.74) is 1.81. The minimum absolute atomic E-state index is 0.175. The normalized spacial score (nSPS) is 19.1. The highest BCUT2D eigenvalue weighted by Crippen LogP contribution is 2.30. The van der Waals surface area contributed by atoms with Crippen LogP contribution >= 0.6 is 0 Å². The van der Waals surface area contributed by atoms with Crippen molar-refractivity contribution in [2.45, 2.75) is 25.3 Å². The first kappa shape index (κ1) is 12.8. The molecule has 0 amide bonds. The van der Waals surface area contributed by atoms with Gasteiger partial charge in [-0.3, -0.25) is 0 Å². The molecule has 5 nitrogen and oxygen atoms in total. The van der Waals surface area contributed by atoms with Gasteiger partial charge in [-0.2, -0.15) is 10.2 Å². The van der Waals surface area contributed by atoms with E-state index in [1.165, 1.54) is 7.11 Å². The molecule has 0 bridgehead atoms. The lowest BCUT2D eigenvalue weighted by atomic mass is 10.0. The number of aromatic nitrogens is 2. The molecule has 0 N–H and O–H groups in total. The Morgan fingerprint density at radius 1 is 1.35 bits per heavy atom. The minimum Gasteiger partial charge on any atom is -0.467 e. The summed E-state index contributed by atoms with van der Waals surface area (Å²) in [6.45, 7) is 0.843. The quantitative estimate of drug-likeness (QED) is 0.783. The lowest BCUT2D eigenvalue weighted by molar-refractivity contribution is -0.142. The smallest absolute Gasteiger partial charge is 0.328 e. The molecule has 0 radical (unpaired) electrons. The molecule has 0 spiro atoms. The molecule has 3 rings (SSSR count). The van der Waals surface area contributed by atoms with Crippen LogP contribution in [0, 0.1) is 0 Å². The van der Waals surface area contributed by atoms with Gasteiger partial charge in [-0.1, -0.05) is 18.2 Å². The van der Waals surface area contributed by atoms with Crippen molar-refractivity contribution < 1.29 is 9.53 Å². The van der Waals surface area contributed by atoms with Crippen molar-refractivity contribution in [2.24, 2.45) is 0 Å². The Balaban J connectivity index is 2.06. The zero-order chi connectivity index (χ0) is 13.9. The van der Waals surface area contributed by atoms with Crippen LogP contribution in [0.3, 0.4) is 0 Å². The summed E-state index contributed by atoms with van der Waals surface area (Å²) in [6.07, 6.45) is 4.68. The monoisotopic (exact) mass is 271 g/mol. The average Bonchev–Trinajstić information content (AvgIpc) is 2.53. The van der Waals surface area contributed by atoms with Crippen LogP contribution in [0.1, 0.15) is 19.3 Å². The molecular weight excluding hydrogens is 254 g/mol. The van der Waals surface area contributed by atoms with Crippen LogP contribution in [-0.2, 0) is 9.53 Å². The highest BCUT2D eigenvalue weighted by atomic mass is 16.5. The van der Waals surface area contributed by atoms with Gasteiger partial charge >= 0.3 is 5.97 Å². The Kier molecular flexibility index (Phi) is 3.50. The number of rotatable bonds is 2. The van der Waals surface area contributed by atoms with E-state index in [0.29, 0.717) is 0 Å². The fourth-order valence-corrected chi connectivity index (χ4v) is 2.82. The van der Waals surface area contributed by atoms with Gasteiger partial charge in [0.15, 0.2) is 0 Å². The van der Waals surface area contributed by atoms with E-state index in [4.69, 9.17) is 4.74 Å². The van der Waals surface area contributed by atoms with E-state index in [1.54, 1.807) is 6.20 Å². The second kappa shape index (κ2) is 5.45. The minimum atomic E-state index is -0.221. The number of methoxy groups -OCH3 is 1. The van der Waals surface area contributed by atoms with Gasteiger partial charge in [0.2, 0.25) is 0 Å². The summed E-state index contributed by atoms with van der Waals surface area (Å²) in [5, 5.41) is 9.22. The van der Waals surface area contributed by atoms with Gasteiger partial charge in [0.1, 0.15) is 6.04 Å². The predicted molar refractivity (Wildman–Crippen MR) is 76.5 cm³/mol. The molecule has 1 aliphatic rings. The molecule has 1 aliphatic heterocycles. The molecule has 1 saturated heterocycles. The number of hydrogen-bond donors (Lipinski definition) is 0. The zero-order valence-electron chi connectivity index (χ0n) is 11.5. The molecule has 1 aromatic carbocycles. The van der Waals surface area contributed by atoms with E-state index < -0.39 is 0 Å². The maximum atomic E-state index is 12.0. The first-order valence-corrected chi connectivity index (χ1v) is 6.86. The summed E-state index contributed by atoms with van der Waals surface area (Å²) < 4.78 is 4.94. The third-order valence-electron chi connectivity index (χ3n) is 3.81.